The Morgan fingerprint density at radius 1 is 1.19 bits per heavy atom. The van der Waals surface area contributed by atoms with Crippen molar-refractivity contribution in [1.82, 2.24) is 15.8 Å². The van der Waals surface area contributed by atoms with Gasteiger partial charge < -0.3 is 15.2 Å². The second kappa shape index (κ2) is 9.95. The predicted octanol–water partition coefficient (Wildman–Crippen LogP) is 4.40. The summed E-state index contributed by atoms with van der Waals surface area (Å²) in [5, 5.41) is 10.3. The number of guanidine groups is 1. The summed E-state index contributed by atoms with van der Waals surface area (Å²) in [4.78, 5) is 4.13. The number of nitrogens with one attached hydrogen (secondary N) is 2. The number of hydrogen-bond acceptors (Lipinski definition) is 3. The van der Waals surface area contributed by atoms with Crippen LogP contribution in [0.25, 0.3) is 0 Å². The maximum atomic E-state index is 12.6. The maximum absolute atomic E-state index is 12.6. The molecule has 0 amide bonds. The molecule has 27 heavy (non-hydrogen) atoms. The van der Waals surface area contributed by atoms with Gasteiger partial charge in [-0.05, 0) is 31.5 Å². The van der Waals surface area contributed by atoms with Crippen molar-refractivity contribution in [2.75, 3.05) is 13.6 Å². The highest BCUT2D eigenvalue weighted by Gasteiger charge is 2.29. The van der Waals surface area contributed by atoms with E-state index >= 15 is 0 Å². The molecule has 1 unspecified atom stereocenters. The Labute approximate surface area is 173 Å². The van der Waals surface area contributed by atoms with E-state index < -0.39 is 11.7 Å². The third-order valence-corrected chi connectivity index (χ3v) is 4.12. The Bertz CT molecular complexity index is 737. The van der Waals surface area contributed by atoms with Crippen molar-refractivity contribution in [2.45, 2.75) is 39.4 Å². The van der Waals surface area contributed by atoms with E-state index in [4.69, 9.17) is 4.52 Å². The van der Waals surface area contributed by atoms with Crippen LogP contribution in [0.3, 0.4) is 0 Å². The van der Waals surface area contributed by atoms with Crippen molar-refractivity contribution in [1.29, 1.82) is 0 Å². The minimum atomic E-state index is -4.32. The fourth-order valence-corrected chi connectivity index (χ4v) is 2.76. The highest BCUT2D eigenvalue weighted by atomic mass is 127. The van der Waals surface area contributed by atoms with Crippen molar-refractivity contribution in [2.24, 2.45) is 4.99 Å². The number of alkyl halides is 3. The van der Waals surface area contributed by atoms with Gasteiger partial charge in [0, 0.05) is 31.6 Å². The first-order chi connectivity index (χ1) is 12.2. The molecule has 0 radical (unpaired) electrons. The third kappa shape index (κ3) is 6.40. The zero-order chi connectivity index (χ0) is 19.3. The van der Waals surface area contributed by atoms with Gasteiger partial charge in [-0.25, -0.2) is 0 Å². The molecular formula is C18H24F3IN4O. The molecule has 2 rings (SSSR count). The Balaban J connectivity index is 0.00000364. The van der Waals surface area contributed by atoms with Gasteiger partial charge in [0.1, 0.15) is 5.76 Å². The van der Waals surface area contributed by atoms with Crippen molar-refractivity contribution in [3.8, 4) is 0 Å². The highest BCUT2D eigenvalue weighted by Crippen LogP contribution is 2.29. The number of halogens is 4. The smallest absolute Gasteiger partial charge is 0.361 e. The molecule has 2 N–H and O–H groups in total. The SMILES string of the molecule is CN=C(NCc1ccc(C(F)(F)F)cc1)NCC(C)c1c(C)noc1C.I. The van der Waals surface area contributed by atoms with Crippen molar-refractivity contribution < 1.29 is 17.7 Å². The lowest BCUT2D eigenvalue weighted by Crippen LogP contribution is -2.38. The van der Waals surface area contributed by atoms with E-state index in [1.54, 1.807) is 7.05 Å². The zero-order valence-electron chi connectivity index (χ0n) is 15.6. The number of aliphatic imine (C=N–C) groups is 1. The molecule has 1 heterocycles. The van der Waals surface area contributed by atoms with Gasteiger partial charge >= 0.3 is 6.18 Å². The zero-order valence-corrected chi connectivity index (χ0v) is 18.0. The number of aryl methyl sites for hydroxylation is 2. The second-order valence-corrected chi connectivity index (χ2v) is 6.14. The molecule has 1 aromatic heterocycles. The van der Waals surface area contributed by atoms with Gasteiger partial charge in [-0.2, -0.15) is 13.2 Å². The van der Waals surface area contributed by atoms with Gasteiger partial charge in [-0.1, -0.05) is 24.2 Å². The standard InChI is InChI=1S/C18H23F3N4O.HI/c1-11(16-12(2)25-26-13(16)3)9-23-17(22-4)24-10-14-5-7-15(8-6-14)18(19,20)21;/h5-8,11H,9-10H2,1-4H3,(H2,22,23,24);1H. The summed E-state index contributed by atoms with van der Waals surface area (Å²) in [6, 6.07) is 5.06. The molecule has 0 saturated carbocycles. The summed E-state index contributed by atoms with van der Waals surface area (Å²) in [5.41, 5.74) is 2.01. The third-order valence-electron chi connectivity index (χ3n) is 4.12. The average molecular weight is 496 g/mol. The van der Waals surface area contributed by atoms with Gasteiger partial charge in [0.15, 0.2) is 5.96 Å². The van der Waals surface area contributed by atoms with Gasteiger partial charge in [0.05, 0.1) is 11.3 Å². The van der Waals surface area contributed by atoms with E-state index in [0.29, 0.717) is 19.0 Å². The number of benzene rings is 1. The Morgan fingerprint density at radius 3 is 2.30 bits per heavy atom. The predicted molar refractivity (Wildman–Crippen MR) is 109 cm³/mol. The first-order valence-electron chi connectivity index (χ1n) is 8.25. The van der Waals surface area contributed by atoms with Crippen molar-refractivity contribution in [3.05, 3.63) is 52.4 Å². The quantitative estimate of drug-likeness (QED) is 0.366. The molecule has 1 atom stereocenters. The fourth-order valence-electron chi connectivity index (χ4n) is 2.76. The number of aromatic nitrogens is 1. The summed E-state index contributed by atoms with van der Waals surface area (Å²) < 4.78 is 42.9. The van der Waals surface area contributed by atoms with Crippen molar-refractivity contribution in [3.63, 3.8) is 0 Å². The van der Waals surface area contributed by atoms with Crippen LogP contribution in [0.2, 0.25) is 0 Å². The molecular weight excluding hydrogens is 472 g/mol. The Kier molecular flexibility index (Phi) is 8.58. The van der Waals surface area contributed by atoms with Crippen LogP contribution in [0.4, 0.5) is 13.2 Å². The molecule has 150 valence electrons. The van der Waals surface area contributed by atoms with Crippen LogP contribution in [0.1, 0.15) is 41.0 Å². The summed E-state index contributed by atoms with van der Waals surface area (Å²) in [6.07, 6.45) is -4.32. The number of hydrogen-bond donors (Lipinski definition) is 2. The first kappa shape index (κ1) is 23.3. The average Bonchev–Trinajstić information content (AvgIpc) is 2.93. The summed E-state index contributed by atoms with van der Waals surface area (Å²) in [5.74, 6) is 1.54. The summed E-state index contributed by atoms with van der Waals surface area (Å²) in [6.45, 7) is 6.83. The molecule has 1 aromatic carbocycles. The minimum Gasteiger partial charge on any atom is -0.361 e. The van der Waals surface area contributed by atoms with E-state index in [1.165, 1.54) is 12.1 Å². The molecule has 0 saturated heterocycles. The second-order valence-electron chi connectivity index (χ2n) is 6.14. The van der Waals surface area contributed by atoms with E-state index in [9.17, 15) is 13.2 Å². The maximum Gasteiger partial charge on any atom is 0.416 e. The van der Waals surface area contributed by atoms with Gasteiger partial charge in [0.25, 0.3) is 0 Å². The van der Waals surface area contributed by atoms with Crippen LogP contribution in [0.15, 0.2) is 33.8 Å². The van der Waals surface area contributed by atoms with Gasteiger partial charge in [-0.15, -0.1) is 24.0 Å². The monoisotopic (exact) mass is 496 g/mol. The molecule has 2 aromatic rings. The lowest BCUT2D eigenvalue weighted by Gasteiger charge is -2.16. The lowest BCUT2D eigenvalue weighted by atomic mass is 10.00. The van der Waals surface area contributed by atoms with E-state index in [1.807, 2.05) is 13.8 Å². The number of rotatable bonds is 5. The minimum absolute atomic E-state index is 0. The first-order valence-corrected chi connectivity index (χ1v) is 8.25. The molecule has 5 nitrogen and oxygen atoms in total. The summed E-state index contributed by atoms with van der Waals surface area (Å²) >= 11 is 0. The molecule has 0 bridgehead atoms. The van der Waals surface area contributed by atoms with Crippen LogP contribution in [-0.4, -0.2) is 24.7 Å². The normalized spacial score (nSPS) is 13.1. The van der Waals surface area contributed by atoms with Gasteiger partial charge in [0.2, 0.25) is 0 Å². The highest BCUT2D eigenvalue weighted by molar-refractivity contribution is 14.0. The topological polar surface area (TPSA) is 62.5 Å². The molecule has 0 aliphatic rings. The largest absolute Gasteiger partial charge is 0.416 e. The summed E-state index contributed by atoms with van der Waals surface area (Å²) in [7, 11) is 1.64. The van der Waals surface area contributed by atoms with Crippen LogP contribution in [0, 0.1) is 13.8 Å². The van der Waals surface area contributed by atoms with Crippen LogP contribution in [0.5, 0.6) is 0 Å². The van der Waals surface area contributed by atoms with E-state index in [2.05, 4.69) is 27.7 Å². The number of nitrogens with zero attached hydrogens (tertiary/aromatic N) is 2. The molecule has 0 aliphatic carbocycles. The van der Waals surface area contributed by atoms with Crippen LogP contribution in [-0.2, 0) is 12.7 Å². The lowest BCUT2D eigenvalue weighted by molar-refractivity contribution is -0.137. The molecule has 9 heteroatoms. The Morgan fingerprint density at radius 2 is 1.81 bits per heavy atom. The van der Waals surface area contributed by atoms with Crippen LogP contribution < -0.4 is 10.6 Å². The van der Waals surface area contributed by atoms with Gasteiger partial charge in [-0.3, -0.25) is 4.99 Å². The molecule has 0 fully saturated rings. The van der Waals surface area contributed by atoms with Crippen LogP contribution >= 0.6 is 24.0 Å². The Hall–Kier alpha value is -1.78. The van der Waals surface area contributed by atoms with Crippen molar-refractivity contribution >= 4 is 29.9 Å². The fraction of sp³-hybridized carbons (Fsp3) is 0.444. The van der Waals surface area contributed by atoms with E-state index in [0.717, 1.165) is 34.7 Å². The molecule has 0 aliphatic heterocycles. The molecule has 0 spiro atoms. The van der Waals surface area contributed by atoms with E-state index in [-0.39, 0.29) is 29.9 Å².